The lowest BCUT2D eigenvalue weighted by molar-refractivity contribution is -0.138. The molecule has 1 amide bonds. The smallest absolute Gasteiger partial charge is 0.423 e. The van der Waals surface area contributed by atoms with Crippen molar-refractivity contribution in [3.8, 4) is 5.75 Å². The van der Waals surface area contributed by atoms with Crippen LogP contribution in [0.1, 0.15) is 30.9 Å². The molecule has 208 valence electrons. The molecule has 0 aromatic carbocycles. The second-order valence-electron chi connectivity index (χ2n) is 9.04. The van der Waals surface area contributed by atoms with Gasteiger partial charge in [0.25, 0.3) is 5.56 Å². The van der Waals surface area contributed by atoms with Crippen molar-refractivity contribution in [2.45, 2.75) is 50.2 Å². The number of carbonyl (C=O) groups excluding carboxylic acids is 1. The largest absolute Gasteiger partial charge is 0.488 e. The van der Waals surface area contributed by atoms with Crippen LogP contribution in [-0.4, -0.2) is 65.6 Å². The highest BCUT2D eigenvalue weighted by molar-refractivity contribution is 5.77. The van der Waals surface area contributed by atoms with Crippen molar-refractivity contribution in [1.82, 2.24) is 20.5 Å². The van der Waals surface area contributed by atoms with Gasteiger partial charge in [-0.2, -0.15) is 31.4 Å². The van der Waals surface area contributed by atoms with E-state index < -0.39 is 46.7 Å². The number of nitrogens with one attached hydrogen (secondary N) is 3. The molecule has 2 aliphatic heterocycles. The van der Waals surface area contributed by atoms with Crippen molar-refractivity contribution in [3.63, 3.8) is 0 Å². The molecular formula is C22H24F6N6O4. The Bertz CT molecular complexity index is 1220. The molecule has 3 atom stereocenters. The molecule has 0 saturated carbocycles. The summed E-state index contributed by atoms with van der Waals surface area (Å²) in [7, 11) is 0. The molecule has 0 bridgehead atoms. The first-order valence-corrected chi connectivity index (χ1v) is 11.6. The summed E-state index contributed by atoms with van der Waals surface area (Å²) in [4.78, 5) is 29.7. The van der Waals surface area contributed by atoms with E-state index in [0.29, 0.717) is 25.2 Å². The van der Waals surface area contributed by atoms with Crippen molar-refractivity contribution in [1.29, 1.82) is 0 Å². The number of aromatic nitrogens is 3. The average molecular weight is 550 g/mol. The predicted octanol–water partition coefficient (Wildman–Crippen LogP) is 2.57. The number of rotatable bonds is 7. The molecule has 0 spiro atoms. The maximum Gasteiger partial charge on any atom is 0.423 e. The number of ether oxygens (including phenoxy) is 2. The Balaban J connectivity index is 1.24. The minimum Gasteiger partial charge on any atom is -0.488 e. The Morgan fingerprint density at radius 2 is 2.03 bits per heavy atom. The first-order chi connectivity index (χ1) is 17.8. The number of nitrogens with zero attached hydrogens (tertiary/aromatic N) is 3. The van der Waals surface area contributed by atoms with E-state index in [1.807, 2.05) is 4.90 Å². The van der Waals surface area contributed by atoms with Crippen LogP contribution in [0.3, 0.4) is 0 Å². The monoisotopic (exact) mass is 550 g/mol. The van der Waals surface area contributed by atoms with Crippen molar-refractivity contribution < 1.29 is 40.6 Å². The van der Waals surface area contributed by atoms with Crippen LogP contribution < -0.4 is 25.8 Å². The number of carbonyl (C=O) groups is 1. The molecule has 0 aliphatic carbocycles. The Hall–Kier alpha value is -3.56. The molecule has 1 fully saturated rings. The normalized spacial score (nSPS) is 20.1. The fraction of sp³-hybridized carbons (Fsp3) is 0.545. The van der Waals surface area contributed by atoms with E-state index >= 15 is 0 Å². The van der Waals surface area contributed by atoms with Crippen molar-refractivity contribution >= 4 is 17.4 Å². The van der Waals surface area contributed by atoms with Crippen molar-refractivity contribution in [2.24, 2.45) is 0 Å². The van der Waals surface area contributed by atoms with E-state index in [4.69, 9.17) is 9.47 Å². The molecule has 2 aromatic rings. The van der Waals surface area contributed by atoms with Crippen LogP contribution in [0.2, 0.25) is 0 Å². The molecule has 1 saturated heterocycles. The van der Waals surface area contributed by atoms with Gasteiger partial charge in [0.2, 0.25) is 5.91 Å². The Morgan fingerprint density at radius 1 is 1.26 bits per heavy atom. The zero-order valence-electron chi connectivity index (χ0n) is 19.9. The molecule has 0 radical (unpaired) electrons. The average Bonchev–Trinajstić information content (AvgIpc) is 2.82. The first kappa shape index (κ1) is 27.5. The lowest BCUT2D eigenvalue weighted by Crippen LogP contribution is -2.54. The number of piperidine rings is 1. The van der Waals surface area contributed by atoms with Gasteiger partial charge in [-0.3, -0.25) is 9.59 Å². The van der Waals surface area contributed by atoms with Crippen LogP contribution in [0, 0.1) is 0 Å². The molecule has 4 heterocycles. The molecule has 16 heteroatoms. The second kappa shape index (κ2) is 10.7. The number of halogens is 6. The number of hydrogen-bond acceptors (Lipinski definition) is 8. The number of alkyl halides is 6. The third-order valence-electron chi connectivity index (χ3n) is 6.09. The minimum absolute atomic E-state index is 0.0629. The van der Waals surface area contributed by atoms with Gasteiger partial charge in [-0.25, -0.2) is 10.1 Å². The van der Waals surface area contributed by atoms with Crippen molar-refractivity contribution in [3.05, 3.63) is 39.9 Å². The second-order valence-corrected chi connectivity index (χ2v) is 9.04. The number of aromatic amines is 1. The molecule has 2 aliphatic rings. The molecule has 3 N–H and O–H groups in total. The van der Waals surface area contributed by atoms with Crippen LogP contribution in [0.5, 0.6) is 5.75 Å². The summed E-state index contributed by atoms with van der Waals surface area (Å²) in [6.07, 6.45) is -6.82. The lowest BCUT2D eigenvalue weighted by atomic mass is 9.96. The van der Waals surface area contributed by atoms with Gasteiger partial charge in [0, 0.05) is 24.8 Å². The number of fused-ring (bicyclic) bond motifs is 3. The van der Waals surface area contributed by atoms with Crippen LogP contribution in [0.15, 0.2) is 23.3 Å². The minimum atomic E-state index is -4.89. The highest BCUT2D eigenvalue weighted by Gasteiger charge is 2.39. The quantitative estimate of drug-likeness (QED) is 0.450. The van der Waals surface area contributed by atoms with Gasteiger partial charge in [0.15, 0.2) is 11.6 Å². The summed E-state index contributed by atoms with van der Waals surface area (Å²) in [6, 6.07) is -0.184. The van der Waals surface area contributed by atoms with E-state index in [-0.39, 0.29) is 37.7 Å². The standard InChI is InChI=1S/C22H24F6N6O4/c1-11(31-15-7-30-33-20(36)18(15)22(26,27)28)8-37-10-17(35)32-13-2-3-34-14(5-13)9-38-16-4-12(21(23,24)25)6-29-19(16)34/h4,6-7,11,13-14H,2-3,5,8-10H2,1H3,(H,32,35)(H2,31,33,36)/t11-,13?,14?/m0/s1. The van der Waals surface area contributed by atoms with Crippen molar-refractivity contribution in [2.75, 3.05) is 36.6 Å². The number of hydrogen-bond donors (Lipinski definition) is 3. The summed E-state index contributed by atoms with van der Waals surface area (Å²) in [5.74, 6) is -0.0457. The summed E-state index contributed by atoms with van der Waals surface area (Å²) in [5, 5.41) is 10.5. The number of pyridine rings is 1. The Morgan fingerprint density at radius 3 is 2.74 bits per heavy atom. The fourth-order valence-electron chi connectivity index (χ4n) is 4.41. The Labute approximate surface area is 211 Å². The van der Waals surface area contributed by atoms with E-state index in [1.165, 1.54) is 6.92 Å². The van der Waals surface area contributed by atoms with Gasteiger partial charge >= 0.3 is 12.4 Å². The van der Waals surface area contributed by atoms with E-state index in [9.17, 15) is 35.9 Å². The summed E-state index contributed by atoms with van der Waals surface area (Å²) in [5.41, 5.74) is -4.19. The van der Waals surface area contributed by atoms with Crippen LogP contribution in [-0.2, 0) is 21.9 Å². The summed E-state index contributed by atoms with van der Waals surface area (Å²) in [6.45, 7) is 1.62. The maximum absolute atomic E-state index is 13.1. The first-order valence-electron chi connectivity index (χ1n) is 11.6. The fourth-order valence-corrected chi connectivity index (χ4v) is 4.41. The molecular weight excluding hydrogens is 526 g/mol. The summed E-state index contributed by atoms with van der Waals surface area (Å²) < 4.78 is 89.1. The van der Waals surface area contributed by atoms with Crippen LogP contribution in [0.25, 0.3) is 0 Å². The molecule has 38 heavy (non-hydrogen) atoms. The van der Waals surface area contributed by atoms with Gasteiger partial charge in [0.05, 0.1) is 30.1 Å². The lowest BCUT2D eigenvalue weighted by Gasteiger charge is -2.43. The molecule has 2 aromatic heterocycles. The van der Waals surface area contributed by atoms with E-state index in [1.54, 1.807) is 5.10 Å². The highest BCUT2D eigenvalue weighted by atomic mass is 19.4. The van der Waals surface area contributed by atoms with E-state index in [2.05, 4.69) is 20.7 Å². The molecule has 4 rings (SSSR count). The highest BCUT2D eigenvalue weighted by Crippen LogP contribution is 2.39. The maximum atomic E-state index is 13.1. The third kappa shape index (κ3) is 6.28. The third-order valence-corrected chi connectivity index (χ3v) is 6.09. The summed E-state index contributed by atoms with van der Waals surface area (Å²) >= 11 is 0. The van der Waals surface area contributed by atoms with Gasteiger partial charge in [-0.1, -0.05) is 0 Å². The molecule has 10 nitrogen and oxygen atoms in total. The van der Waals surface area contributed by atoms with Gasteiger partial charge in [-0.05, 0) is 25.8 Å². The topological polar surface area (TPSA) is 121 Å². The van der Waals surface area contributed by atoms with Gasteiger partial charge in [-0.15, -0.1) is 0 Å². The predicted molar refractivity (Wildman–Crippen MR) is 121 cm³/mol. The van der Waals surface area contributed by atoms with Crippen LogP contribution >= 0.6 is 0 Å². The van der Waals surface area contributed by atoms with Crippen LogP contribution in [0.4, 0.5) is 37.8 Å². The van der Waals surface area contributed by atoms with Gasteiger partial charge < -0.3 is 25.0 Å². The van der Waals surface area contributed by atoms with Gasteiger partial charge in [0.1, 0.15) is 18.8 Å². The molecule has 2 unspecified atom stereocenters. The number of anilines is 2. The number of amides is 1. The zero-order valence-corrected chi connectivity index (χ0v) is 19.9. The SMILES string of the molecule is C[C@@H](COCC(=O)NC1CCN2c3ncc(C(F)(F)F)cc3OCC2C1)Nc1cn[nH]c(=O)c1C(F)(F)F. The number of H-pyrrole nitrogens is 1. The Kier molecular flexibility index (Phi) is 7.71. The van der Waals surface area contributed by atoms with E-state index in [0.717, 1.165) is 18.5 Å². The zero-order chi connectivity index (χ0) is 27.7.